The van der Waals surface area contributed by atoms with E-state index in [1.165, 1.54) is 0 Å². The van der Waals surface area contributed by atoms with E-state index in [1.807, 2.05) is 47.1 Å². The first-order valence-electron chi connectivity index (χ1n) is 5.82. The van der Waals surface area contributed by atoms with Gasteiger partial charge in [-0.2, -0.15) is 0 Å². The van der Waals surface area contributed by atoms with Crippen molar-refractivity contribution in [1.29, 1.82) is 0 Å². The minimum atomic E-state index is 0.392. The molecule has 0 bridgehead atoms. The number of halogens is 1. The number of rotatable bonds is 3. The Labute approximate surface area is 115 Å². The van der Waals surface area contributed by atoms with Crippen molar-refractivity contribution < 1.29 is 4.74 Å². The molecule has 4 nitrogen and oxygen atoms in total. The maximum absolute atomic E-state index is 5.92. The van der Waals surface area contributed by atoms with Gasteiger partial charge < -0.3 is 14.9 Å². The van der Waals surface area contributed by atoms with Crippen LogP contribution in [0.1, 0.15) is 5.69 Å². The molecular weight excluding hydrogens is 262 g/mol. The van der Waals surface area contributed by atoms with Gasteiger partial charge in [0.1, 0.15) is 18.0 Å². The number of hydrogen-bond donors (Lipinski definition) is 1. The molecular formula is C14H12ClN3O. The highest BCUT2D eigenvalue weighted by Crippen LogP contribution is 2.17. The first-order valence-corrected chi connectivity index (χ1v) is 6.20. The van der Waals surface area contributed by atoms with Crippen molar-refractivity contribution in [3.63, 3.8) is 0 Å². The van der Waals surface area contributed by atoms with Crippen LogP contribution in [0.4, 0.5) is 5.69 Å². The summed E-state index contributed by atoms with van der Waals surface area (Å²) in [6.45, 7) is 0.392. The summed E-state index contributed by atoms with van der Waals surface area (Å²) in [5.74, 6) is 0.732. The Hall–Kier alpha value is -2.20. The Balaban J connectivity index is 1.78. The van der Waals surface area contributed by atoms with Crippen molar-refractivity contribution in [2.45, 2.75) is 6.61 Å². The molecule has 19 heavy (non-hydrogen) atoms. The number of imidazole rings is 1. The van der Waals surface area contributed by atoms with E-state index < -0.39 is 0 Å². The molecule has 0 aliphatic heterocycles. The second-order valence-corrected chi connectivity index (χ2v) is 4.64. The summed E-state index contributed by atoms with van der Waals surface area (Å²) in [5, 5.41) is 0.668. The van der Waals surface area contributed by atoms with Gasteiger partial charge in [0, 0.05) is 29.2 Å². The number of anilines is 1. The van der Waals surface area contributed by atoms with Gasteiger partial charge in [-0.05, 0) is 24.3 Å². The first kappa shape index (κ1) is 11.9. The Kier molecular flexibility index (Phi) is 3.01. The summed E-state index contributed by atoms with van der Waals surface area (Å²) in [6, 6.07) is 11.0. The van der Waals surface area contributed by atoms with Crippen molar-refractivity contribution in [3.05, 3.63) is 59.5 Å². The summed E-state index contributed by atoms with van der Waals surface area (Å²) in [6.07, 6.45) is 3.78. The summed E-state index contributed by atoms with van der Waals surface area (Å²) in [4.78, 5) is 4.43. The maximum atomic E-state index is 5.92. The third-order valence-electron chi connectivity index (χ3n) is 2.72. The van der Waals surface area contributed by atoms with Crippen molar-refractivity contribution in [2.75, 3.05) is 5.73 Å². The van der Waals surface area contributed by atoms with Gasteiger partial charge in [0.25, 0.3) is 0 Å². The van der Waals surface area contributed by atoms with Crippen LogP contribution in [0.25, 0.3) is 5.65 Å². The van der Waals surface area contributed by atoms with Gasteiger partial charge in [-0.1, -0.05) is 17.7 Å². The van der Waals surface area contributed by atoms with Gasteiger partial charge in [-0.15, -0.1) is 0 Å². The zero-order chi connectivity index (χ0) is 13.2. The Morgan fingerprint density at radius 3 is 3.00 bits per heavy atom. The average molecular weight is 274 g/mol. The highest BCUT2D eigenvalue weighted by molar-refractivity contribution is 6.30. The SMILES string of the molecule is Nc1cccc(OCc2cn3ccc(Cl)cc3n2)c1. The number of benzene rings is 1. The monoisotopic (exact) mass is 273 g/mol. The van der Waals surface area contributed by atoms with Crippen LogP contribution < -0.4 is 10.5 Å². The van der Waals surface area contributed by atoms with E-state index in [2.05, 4.69) is 4.98 Å². The minimum absolute atomic E-state index is 0.392. The molecule has 0 radical (unpaired) electrons. The number of hydrogen-bond acceptors (Lipinski definition) is 3. The summed E-state index contributed by atoms with van der Waals surface area (Å²) in [5.41, 5.74) is 8.01. The van der Waals surface area contributed by atoms with E-state index in [1.54, 1.807) is 6.07 Å². The lowest BCUT2D eigenvalue weighted by molar-refractivity contribution is 0.302. The summed E-state index contributed by atoms with van der Waals surface area (Å²) >= 11 is 5.92. The van der Waals surface area contributed by atoms with Crippen molar-refractivity contribution in [1.82, 2.24) is 9.38 Å². The van der Waals surface area contributed by atoms with Gasteiger partial charge in [-0.3, -0.25) is 0 Å². The fourth-order valence-corrected chi connectivity index (χ4v) is 1.99. The molecule has 0 aliphatic rings. The van der Waals surface area contributed by atoms with E-state index in [0.29, 0.717) is 17.3 Å². The van der Waals surface area contributed by atoms with Crippen LogP contribution in [-0.2, 0) is 6.61 Å². The molecule has 5 heteroatoms. The minimum Gasteiger partial charge on any atom is -0.487 e. The number of fused-ring (bicyclic) bond motifs is 1. The second-order valence-electron chi connectivity index (χ2n) is 4.20. The molecule has 2 aromatic heterocycles. The van der Waals surface area contributed by atoms with Crippen LogP contribution in [0.5, 0.6) is 5.75 Å². The number of nitrogens with two attached hydrogens (primary N) is 1. The summed E-state index contributed by atoms with van der Waals surface area (Å²) < 4.78 is 7.55. The van der Waals surface area contributed by atoms with Gasteiger partial charge in [0.05, 0.1) is 5.69 Å². The molecule has 3 rings (SSSR count). The van der Waals surface area contributed by atoms with Gasteiger partial charge in [-0.25, -0.2) is 4.98 Å². The van der Waals surface area contributed by atoms with Crippen molar-refractivity contribution in [3.8, 4) is 5.75 Å². The van der Waals surface area contributed by atoms with E-state index >= 15 is 0 Å². The van der Waals surface area contributed by atoms with E-state index in [-0.39, 0.29) is 0 Å². The molecule has 3 aromatic rings. The lowest BCUT2D eigenvalue weighted by Crippen LogP contribution is -1.96. The van der Waals surface area contributed by atoms with Crippen LogP contribution in [0.3, 0.4) is 0 Å². The molecule has 0 spiro atoms. The molecule has 96 valence electrons. The predicted octanol–water partition coefficient (Wildman–Crippen LogP) is 3.15. The van der Waals surface area contributed by atoms with Gasteiger partial charge in [0.15, 0.2) is 0 Å². The van der Waals surface area contributed by atoms with Crippen molar-refractivity contribution in [2.24, 2.45) is 0 Å². The third-order valence-corrected chi connectivity index (χ3v) is 2.95. The zero-order valence-corrected chi connectivity index (χ0v) is 10.8. The van der Waals surface area contributed by atoms with Crippen molar-refractivity contribution >= 4 is 22.9 Å². The second kappa shape index (κ2) is 4.82. The lowest BCUT2D eigenvalue weighted by Gasteiger charge is -2.04. The topological polar surface area (TPSA) is 52.5 Å². The van der Waals surface area contributed by atoms with Gasteiger partial charge in [0.2, 0.25) is 0 Å². The Morgan fingerprint density at radius 2 is 2.16 bits per heavy atom. The number of aromatic nitrogens is 2. The Bertz CT molecular complexity index is 724. The smallest absolute Gasteiger partial charge is 0.138 e. The van der Waals surface area contributed by atoms with Crippen LogP contribution in [0.2, 0.25) is 5.02 Å². The molecule has 1 aromatic carbocycles. The first-order chi connectivity index (χ1) is 9.20. The molecule has 0 atom stereocenters. The fourth-order valence-electron chi connectivity index (χ4n) is 1.84. The maximum Gasteiger partial charge on any atom is 0.138 e. The largest absolute Gasteiger partial charge is 0.487 e. The van der Waals surface area contributed by atoms with E-state index in [0.717, 1.165) is 17.1 Å². The number of pyridine rings is 1. The molecule has 0 unspecified atom stereocenters. The standard InChI is InChI=1S/C14H12ClN3O/c15-10-4-5-18-8-12(17-14(18)6-10)9-19-13-3-1-2-11(16)7-13/h1-8H,9,16H2. The predicted molar refractivity (Wildman–Crippen MR) is 75.4 cm³/mol. The summed E-state index contributed by atoms with van der Waals surface area (Å²) in [7, 11) is 0. The highest BCUT2D eigenvalue weighted by atomic mass is 35.5. The molecule has 2 N–H and O–H groups in total. The molecule has 2 heterocycles. The lowest BCUT2D eigenvalue weighted by atomic mass is 10.3. The Morgan fingerprint density at radius 1 is 1.26 bits per heavy atom. The van der Waals surface area contributed by atoms with Crippen LogP contribution in [0.15, 0.2) is 48.8 Å². The van der Waals surface area contributed by atoms with E-state index in [4.69, 9.17) is 22.1 Å². The normalized spacial score (nSPS) is 10.8. The molecule has 0 aliphatic carbocycles. The highest BCUT2D eigenvalue weighted by Gasteiger charge is 2.03. The molecule has 0 fully saturated rings. The van der Waals surface area contributed by atoms with E-state index in [9.17, 15) is 0 Å². The van der Waals surface area contributed by atoms with Crippen LogP contribution in [0, 0.1) is 0 Å². The number of nitrogen functional groups attached to an aromatic ring is 1. The van der Waals surface area contributed by atoms with Gasteiger partial charge >= 0.3 is 0 Å². The quantitative estimate of drug-likeness (QED) is 0.746. The molecule has 0 amide bonds. The third kappa shape index (κ3) is 2.63. The van der Waals surface area contributed by atoms with Crippen LogP contribution >= 0.6 is 11.6 Å². The molecule has 0 saturated carbocycles. The zero-order valence-electron chi connectivity index (χ0n) is 10.1. The fraction of sp³-hybridized carbons (Fsp3) is 0.0714. The molecule has 0 saturated heterocycles. The number of nitrogens with zero attached hydrogens (tertiary/aromatic N) is 2. The average Bonchev–Trinajstić information content (AvgIpc) is 2.78. The van der Waals surface area contributed by atoms with Crippen LogP contribution in [-0.4, -0.2) is 9.38 Å². The number of ether oxygens (including phenoxy) is 1.